The van der Waals surface area contributed by atoms with Gasteiger partial charge in [-0.2, -0.15) is 0 Å². The molecule has 1 saturated heterocycles. The number of nitrogens with one attached hydrogen (secondary N) is 3. The second-order valence-electron chi connectivity index (χ2n) is 7.45. The van der Waals surface area contributed by atoms with Crippen LogP contribution in [0.1, 0.15) is 26.3 Å². The third-order valence-corrected chi connectivity index (χ3v) is 5.41. The lowest BCUT2D eigenvalue weighted by atomic mass is 9.91. The maximum Gasteiger partial charge on any atom is 0.337 e. The number of urea groups is 2. The summed E-state index contributed by atoms with van der Waals surface area (Å²) in [6.07, 6.45) is 0. The Morgan fingerprint density at radius 2 is 2.00 bits per heavy atom. The van der Waals surface area contributed by atoms with Gasteiger partial charge >= 0.3 is 18.0 Å². The third-order valence-electron chi connectivity index (χ3n) is 5.41. The molecule has 3 heterocycles. The van der Waals surface area contributed by atoms with E-state index >= 15 is 0 Å². The lowest BCUT2D eigenvalue weighted by molar-refractivity contribution is -0.139. The fourth-order valence-electron chi connectivity index (χ4n) is 3.81. The summed E-state index contributed by atoms with van der Waals surface area (Å²) in [5.41, 5.74) is -0.558. The van der Waals surface area contributed by atoms with Crippen LogP contribution in [-0.2, 0) is 19.9 Å². The van der Waals surface area contributed by atoms with Crippen molar-refractivity contribution in [3.63, 3.8) is 0 Å². The fraction of sp³-hybridized carbons (Fsp3) is 0.400. The minimum Gasteiger partial charge on any atom is -0.463 e. The maximum atomic E-state index is 13.3. The first-order valence-electron chi connectivity index (χ1n) is 9.76. The SMILES string of the molecule is CCOC(=O)C1=C(CN2C(=O)NC(C)(c3ccc4c(c3)OCO4)C2=O)NC(=O)NC1C. The van der Waals surface area contributed by atoms with E-state index in [1.807, 2.05) is 0 Å². The van der Waals surface area contributed by atoms with Gasteiger partial charge in [-0.05, 0) is 38.5 Å². The van der Waals surface area contributed by atoms with E-state index in [4.69, 9.17) is 14.2 Å². The van der Waals surface area contributed by atoms with Gasteiger partial charge in [-0.15, -0.1) is 0 Å². The van der Waals surface area contributed by atoms with Crippen LogP contribution in [-0.4, -0.2) is 54.8 Å². The van der Waals surface area contributed by atoms with Gasteiger partial charge in [-0.25, -0.2) is 14.4 Å². The summed E-state index contributed by atoms with van der Waals surface area (Å²) in [5, 5.41) is 7.79. The van der Waals surface area contributed by atoms with Gasteiger partial charge < -0.3 is 30.2 Å². The lowest BCUT2D eigenvalue weighted by Crippen LogP contribution is -2.52. The van der Waals surface area contributed by atoms with Crippen molar-refractivity contribution in [3.8, 4) is 11.5 Å². The van der Waals surface area contributed by atoms with Gasteiger partial charge in [-0.3, -0.25) is 9.69 Å². The monoisotopic (exact) mass is 430 g/mol. The van der Waals surface area contributed by atoms with Gasteiger partial charge in [0.2, 0.25) is 6.79 Å². The molecule has 11 heteroatoms. The molecule has 2 unspecified atom stereocenters. The molecule has 0 saturated carbocycles. The van der Waals surface area contributed by atoms with Gasteiger partial charge in [0.25, 0.3) is 5.91 Å². The zero-order valence-corrected chi connectivity index (χ0v) is 17.2. The number of fused-ring (bicyclic) bond motifs is 1. The number of carbonyl (C=O) groups excluding carboxylic acids is 4. The molecule has 1 aromatic carbocycles. The normalized spacial score (nSPS) is 24.7. The Labute approximate surface area is 177 Å². The molecule has 2 atom stereocenters. The molecule has 4 rings (SSSR count). The first-order chi connectivity index (χ1) is 14.7. The van der Waals surface area contributed by atoms with E-state index in [1.54, 1.807) is 39.0 Å². The van der Waals surface area contributed by atoms with Crippen LogP contribution in [0.15, 0.2) is 29.5 Å². The molecule has 0 radical (unpaired) electrons. The van der Waals surface area contributed by atoms with Crippen LogP contribution in [0, 0.1) is 0 Å². The summed E-state index contributed by atoms with van der Waals surface area (Å²) in [7, 11) is 0. The van der Waals surface area contributed by atoms with Crippen molar-refractivity contribution in [3.05, 3.63) is 35.0 Å². The number of nitrogens with zero attached hydrogens (tertiary/aromatic N) is 1. The summed E-state index contributed by atoms with van der Waals surface area (Å²) in [6, 6.07) is 3.14. The van der Waals surface area contributed by atoms with Crippen LogP contribution in [0.25, 0.3) is 0 Å². The molecule has 0 spiro atoms. The Morgan fingerprint density at radius 3 is 2.74 bits per heavy atom. The molecule has 3 aliphatic rings. The molecular weight excluding hydrogens is 408 g/mol. The van der Waals surface area contributed by atoms with Crippen molar-refractivity contribution in [2.45, 2.75) is 32.4 Å². The number of hydrogen-bond donors (Lipinski definition) is 3. The minimum absolute atomic E-state index is 0.0820. The van der Waals surface area contributed by atoms with Crippen molar-refractivity contribution in [1.29, 1.82) is 0 Å². The molecule has 1 aromatic rings. The van der Waals surface area contributed by atoms with Crippen LogP contribution >= 0.6 is 0 Å². The van der Waals surface area contributed by atoms with Crippen LogP contribution in [0.2, 0.25) is 0 Å². The van der Waals surface area contributed by atoms with Crippen molar-refractivity contribution >= 4 is 23.9 Å². The summed E-state index contributed by atoms with van der Waals surface area (Å²) in [5.74, 6) is -0.141. The quantitative estimate of drug-likeness (QED) is 0.462. The van der Waals surface area contributed by atoms with Crippen molar-refractivity contribution in [2.75, 3.05) is 19.9 Å². The fourth-order valence-corrected chi connectivity index (χ4v) is 3.81. The number of hydrogen-bond acceptors (Lipinski definition) is 7. The van der Waals surface area contributed by atoms with Crippen molar-refractivity contribution < 1.29 is 33.4 Å². The second-order valence-corrected chi connectivity index (χ2v) is 7.45. The van der Waals surface area contributed by atoms with E-state index < -0.39 is 35.5 Å². The van der Waals surface area contributed by atoms with Crippen LogP contribution < -0.4 is 25.4 Å². The molecule has 11 nitrogen and oxygen atoms in total. The zero-order chi connectivity index (χ0) is 22.3. The third kappa shape index (κ3) is 3.41. The van der Waals surface area contributed by atoms with E-state index in [2.05, 4.69) is 16.0 Å². The van der Waals surface area contributed by atoms with Crippen LogP contribution in [0.4, 0.5) is 9.59 Å². The highest BCUT2D eigenvalue weighted by atomic mass is 16.7. The number of benzene rings is 1. The smallest absolute Gasteiger partial charge is 0.337 e. The molecule has 0 aliphatic carbocycles. The van der Waals surface area contributed by atoms with E-state index in [9.17, 15) is 19.2 Å². The second kappa shape index (κ2) is 7.49. The lowest BCUT2D eigenvalue weighted by Gasteiger charge is -2.28. The van der Waals surface area contributed by atoms with E-state index in [-0.39, 0.29) is 31.2 Å². The average Bonchev–Trinajstić information content (AvgIpc) is 3.26. The highest BCUT2D eigenvalue weighted by Gasteiger charge is 2.50. The molecular formula is C20H22N4O7. The molecule has 0 aromatic heterocycles. The Hall–Kier alpha value is -3.76. The molecule has 0 bridgehead atoms. The Morgan fingerprint density at radius 1 is 1.26 bits per heavy atom. The number of esters is 1. The maximum absolute atomic E-state index is 13.3. The number of imide groups is 1. The van der Waals surface area contributed by atoms with E-state index in [0.717, 1.165) is 4.90 Å². The molecule has 5 amide bonds. The highest BCUT2D eigenvalue weighted by Crippen LogP contribution is 2.38. The number of amides is 5. The van der Waals surface area contributed by atoms with Gasteiger partial charge in [0.1, 0.15) is 5.54 Å². The Kier molecular flexibility index (Phi) is 4.96. The summed E-state index contributed by atoms with van der Waals surface area (Å²) >= 11 is 0. The first-order valence-corrected chi connectivity index (χ1v) is 9.76. The number of ether oxygens (including phenoxy) is 3. The topological polar surface area (TPSA) is 135 Å². The molecule has 1 fully saturated rings. The van der Waals surface area contributed by atoms with Gasteiger partial charge in [0.05, 0.1) is 30.5 Å². The van der Waals surface area contributed by atoms with E-state index in [0.29, 0.717) is 17.1 Å². The summed E-state index contributed by atoms with van der Waals surface area (Å²) < 4.78 is 15.7. The van der Waals surface area contributed by atoms with Crippen molar-refractivity contribution in [1.82, 2.24) is 20.9 Å². The highest BCUT2D eigenvalue weighted by molar-refractivity contribution is 6.07. The van der Waals surface area contributed by atoms with Crippen LogP contribution in [0.5, 0.6) is 11.5 Å². The number of rotatable bonds is 5. The minimum atomic E-state index is -1.36. The average molecular weight is 430 g/mol. The molecule has 3 N–H and O–H groups in total. The summed E-state index contributed by atoms with van der Waals surface area (Å²) in [6.45, 7) is 4.78. The summed E-state index contributed by atoms with van der Waals surface area (Å²) in [4.78, 5) is 51.3. The zero-order valence-electron chi connectivity index (χ0n) is 17.2. The number of carbonyl (C=O) groups is 4. The molecule has 164 valence electrons. The van der Waals surface area contributed by atoms with E-state index in [1.165, 1.54) is 0 Å². The van der Waals surface area contributed by atoms with Gasteiger partial charge in [0, 0.05) is 0 Å². The Bertz CT molecular complexity index is 1020. The standard InChI is InChI=1S/C20H22N4O7/c1-4-29-16(25)15-10(2)21-18(27)22-12(15)8-24-17(26)20(3,23-19(24)28)11-5-6-13-14(7-11)31-9-30-13/h5-7,10H,4,8-9H2,1-3H3,(H,23,28)(H2,21,22,27). The van der Waals surface area contributed by atoms with Gasteiger partial charge in [0.15, 0.2) is 11.5 Å². The largest absolute Gasteiger partial charge is 0.463 e. The predicted octanol–water partition coefficient (Wildman–Crippen LogP) is 0.701. The molecule has 31 heavy (non-hydrogen) atoms. The molecule has 3 aliphatic heterocycles. The van der Waals surface area contributed by atoms with Crippen LogP contribution in [0.3, 0.4) is 0 Å². The predicted molar refractivity (Wildman–Crippen MR) is 105 cm³/mol. The first kappa shape index (κ1) is 20.5. The van der Waals surface area contributed by atoms with Gasteiger partial charge in [-0.1, -0.05) is 6.07 Å². The van der Waals surface area contributed by atoms with Crippen molar-refractivity contribution in [2.24, 2.45) is 0 Å². The Balaban J connectivity index is 1.65.